The fraction of sp³-hybridized carbons (Fsp3) is 0.706. The Morgan fingerprint density at radius 1 is 1.32 bits per heavy atom. The highest BCUT2D eigenvalue weighted by atomic mass is 16.3. The molecule has 0 heterocycles. The number of hydrogen-bond donors (Lipinski definition) is 1. The van der Waals surface area contributed by atoms with Crippen LogP contribution in [0.4, 0.5) is 0 Å². The molecule has 2 heteroatoms. The number of Topliss-reactive ketones (excluding diaryl/α,β-unsaturated/α-hetero) is 1. The Bertz CT molecular complexity index is 429. The van der Waals surface area contributed by atoms with Crippen molar-refractivity contribution in [3.05, 3.63) is 23.3 Å². The Kier molecular flexibility index (Phi) is 4.00. The minimum atomic E-state index is -0.171. The van der Waals surface area contributed by atoms with Gasteiger partial charge in [0.05, 0.1) is 6.10 Å². The fourth-order valence-corrected chi connectivity index (χ4v) is 3.71. The third kappa shape index (κ3) is 2.69. The summed E-state index contributed by atoms with van der Waals surface area (Å²) in [5, 5.41) is 9.65. The maximum atomic E-state index is 10.7. The minimum absolute atomic E-state index is 0.171. The predicted octanol–water partition coefficient (Wildman–Crippen LogP) is 3.66. The van der Waals surface area contributed by atoms with Gasteiger partial charge in [0.25, 0.3) is 0 Å². The van der Waals surface area contributed by atoms with Crippen LogP contribution in [-0.4, -0.2) is 17.0 Å². The second-order valence-corrected chi connectivity index (χ2v) is 6.82. The van der Waals surface area contributed by atoms with Crippen molar-refractivity contribution in [2.75, 3.05) is 0 Å². The van der Waals surface area contributed by atoms with Gasteiger partial charge < -0.3 is 5.11 Å². The molecule has 2 bridgehead atoms. The van der Waals surface area contributed by atoms with E-state index < -0.39 is 0 Å². The first-order chi connectivity index (χ1) is 8.84. The van der Waals surface area contributed by atoms with E-state index in [1.165, 1.54) is 12.0 Å². The zero-order chi connectivity index (χ0) is 14.2. The Morgan fingerprint density at radius 3 is 2.37 bits per heavy atom. The van der Waals surface area contributed by atoms with Crippen LogP contribution in [0.1, 0.15) is 53.4 Å². The lowest BCUT2D eigenvalue weighted by Crippen LogP contribution is -2.53. The van der Waals surface area contributed by atoms with Crippen LogP contribution in [0.2, 0.25) is 0 Å². The molecule has 2 nitrogen and oxygen atoms in total. The van der Waals surface area contributed by atoms with Crippen molar-refractivity contribution in [3.8, 4) is 0 Å². The van der Waals surface area contributed by atoms with Crippen LogP contribution in [-0.2, 0) is 4.79 Å². The molecule has 0 saturated heterocycles. The molecular formula is C17H26O2. The number of aliphatic hydroxyl groups excluding tert-OH is 1. The van der Waals surface area contributed by atoms with Crippen LogP contribution in [0.25, 0.3) is 0 Å². The summed E-state index contributed by atoms with van der Waals surface area (Å²) in [7, 11) is 0. The molecule has 0 amide bonds. The van der Waals surface area contributed by atoms with Crippen LogP contribution in [0.5, 0.6) is 0 Å². The Hall–Kier alpha value is -0.890. The van der Waals surface area contributed by atoms with E-state index in [1.807, 2.05) is 19.1 Å². The van der Waals surface area contributed by atoms with Gasteiger partial charge in [-0.25, -0.2) is 0 Å². The minimum Gasteiger partial charge on any atom is -0.389 e. The zero-order valence-corrected chi connectivity index (χ0v) is 12.6. The first-order valence-corrected chi connectivity index (χ1v) is 7.40. The van der Waals surface area contributed by atoms with Gasteiger partial charge in [0, 0.05) is 6.42 Å². The molecule has 1 N–H and O–H groups in total. The smallest absolute Gasteiger partial charge is 0.158 e. The Balaban J connectivity index is 0.000000148. The monoisotopic (exact) mass is 262 g/mol. The van der Waals surface area contributed by atoms with E-state index in [-0.39, 0.29) is 6.10 Å². The molecule has 0 radical (unpaired) electrons. The molecular weight excluding hydrogens is 236 g/mol. The normalized spacial score (nSPS) is 35.4. The highest BCUT2D eigenvalue weighted by Crippen LogP contribution is 2.58. The summed E-state index contributed by atoms with van der Waals surface area (Å²) in [5.74, 6) is 1.60. The molecule has 19 heavy (non-hydrogen) atoms. The molecule has 3 atom stereocenters. The number of aliphatic hydroxyl groups is 1. The van der Waals surface area contributed by atoms with Crippen LogP contribution < -0.4 is 0 Å². The van der Waals surface area contributed by atoms with Crippen LogP contribution in [0.15, 0.2) is 23.3 Å². The van der Waals surface area contributed by atoms with E-state index in [1.54, 1.807) is 0 Å². The average Bonchev–Trinajstić information content (AvgIpc) is 2.32. The molecule has 0 unspecified atom stereocenters. The van der Waals surface area contributed by atoms with E-state index in [9.17, 15) is 9.90 Å². The van der Waals surface area contributed by atoms with Crippen molar-refractivity contribution in [2.24, 2.45) is 17.3 Å². The number of ketones is 1. The molecule has 4 aliphatic carbocycles. The van der Waals surface area contributed by atoms with E-state index in [0.717, 1.165) is 30.8 Å². The molecule has 106 valence electrons. The lowest BCUT2D eigenvalue weighted by molar-refractivity contribution is -0.115. The highest BCUT2D eigenvalue weighted by Gasteiger charge is 2.53. The fourth-order valence-electron chi connectivity index (χ4n) is 3.71. The lowest BCUT2D eigenvalue weighted by atomic mass is 9.48. The summed E-state index contributed by atoms with van der Waals surface area (Å²) in [5.41, 5.74) is 2.71. The Morgan fingerprint density at radius 2 is 2.00 bits per heavy atom. The number of fused-ring (bicyclic) bond motifs is 1. The standard InChI is InChI=1S/C10H16O.C7H10O/c1-6-4-9(11)8-5-7(6)10(8,2)3;1-6-4-2-3-5-7(6)8/h4,7-9,11H,5H2,1-3H3;4H,2-3,5H2,1H3/t7-,8+,9-;/m1./s1. The van der Waals surface area contributed by atoms with Gasteiger partial charge in [-0.2, -0.15) is 0 Å². The van der Waals surface area contributed by atoms with Crippen molar-refractivity contribution < 1.29 is 9.90 Å². The van der Waals surface area contributed by atoms with Gasteiger partial charge in [0.2, 0.25) is 0 Å². The molecule has 1 saturated carbocycles. The molecule has 1 fully saturated rings. The van der Waals surface area contributed by atoms with Crippen molar-refractivity contribution in [1.82, 2.24) is 0 Å². The summed E-state index contributed by atoms with van der Waals surface area (Å²) >= 11 is 0. The quantitative estimate of drug-likeness (QED) is 0.676. The lowest BCUT2D eigenvalue weighted by Gasteiger charge is -2.57. The van der Waals surface area contributed by atoms with Crippen molar-refractivity contribution >= 4 is 5.78 Å². The van der Waals surface area contributed by atoms with E-state index >= 15 is 0 Å². The van der Waals surface area contributed by atoms with Crippen LogP contribution in [0.3, 0.4) is 0 Å². The first kappa shape index (κ1) is 14.5. The predicted molar refractivity (Wildman–Crippen MR) is 77.8 cm³/mol. The first-order valence-electron chi connectivity index (χ1n) is 7.40. The summed E-state index contributed by atoms with van der Waals surface area (Å²) in [6.45, 7) is 8.57. The molecule has 0 aromatic rings. The summed E-state index contributed by atoms with van der Waals surface area (Å²) in [4.78, 5) is 10.7. The number of carbonyl (C=O) groups excluding carboxylic acids is 1. The highest BCUT2D eigenvalue weighted by molar-refractivity contribution is 5.95. The Labute approximate surface area is 116 Å². The summed E-state index contributed by atoms with van der Waals surface area (Å²) in [6.07, 6.45) is 8.00. The zero-order valence-electron chi connectivity index (χ0n) is 12.6. The van der Waals surface area contributed by atoms with Gasteiger partial charge in [0.15, 0.2) is 5.78 Å². The van der Waals surface area contributed by atoms with Crippen LogP contribution >= 0.6 is 0 Å². The number of carbonyl (C=O) groups is 1. The number of rotatable bonds is 0. The maximum absolute atomic E-state index is 10.7. The topological polar surface area (TPSA) is 37.3 Å². The van der Waals surface area contributed by atoms with Gasteiger partial charge in [-0.3, -0.25) is 4.79 Å². The molecule has 0 aromatic heterocycles. The molecule has 0 spiro atoms. The molecule has 4 rings (SSSR count). The van der Waals surface area contributed by atoms with E-state index in [4.69, 9.17) is 0 Å². The van der Waals surface area contributed by atoms with Crippen molar-refractivity contribution in [2.45, 2.75) is 59.5 Å². The molecule has 0 aliphatic heterocycles. The average molecular weight is 262 g/mol. The van der Waals surface area contributed by atoms with Gasteiger partial charge in [-0.05, 0) is 55.9 Å². The SMILES string of the molecule is CC1=CCCCC1=O.CC1=C[C@@H](O)[C@@H]2C[C@H]1C2(C)C. The summed E-state index contributed by atoms with van der Waals surface area (Å²) in [6, 6.07) is 0. The van der Waals surface area contributed by atoms with Crippen molar-refractivity contribution in [1.29, 1.82) is 0 Å². The summed E-state index contributed by atoms with van der Waals surface area (Å²) < 4.78 is 0. The second kappa shape index (κ2) is 5.24. The van der Waals surface area contributed by atoms with Gasteiger partial charge in [-0.15, -0.1) is 0 Å². The van der Waals surface area contributed by atoms with E-state index in [0.29, 0.717) is 17.1 Å². The van der Waals surface area contributed by atoms with Gasteiger partial charge in [-0.1, -0.05) is 31.6 Å². The number of hydrogen-bond acceptors (Lipinski definition) is 2. The van der Waals surface area contributed by atoms with Gasteiger partial charge >= 0.3 is 0 Å². The van der Waals surface area contributed by atoms with Crippen LogP contribution in [0, 0.1) is 17.3 Å². The third-order valence-electron chi connectivity index (χ3n) is 5.24. The second-order valence-electron chi connectivity index (χ2n) is 6.82. The number of allylic oxidation sites excluding steroid dienone is 3. The third-order valence-corrected chi connectivity index (χ3v) is 5.24. The van der Waals surface area contributed by atoms with E-state index in [2.05, 4.69) is 20.8 Å². The maximum Gasteiger partial charge on any atom is 0.158 e. The van der Waals surface area contributed by atoms with Gasteiger partial charge in [0.1, 0.15) is 0 Å². The molecule has 0 aromatic carbocycles. The molecule has 4 aliphatic rings. The largest absolute Gasteiger partial charge is 0.389 e. The van der Waals surface area contributed by atoms with Crippen molar-refractivity contribution in [3.63, 3.8) is 0 Å².